The van der Waals surface area contributed by atoms with Gasteiger partial charge in [0.1, 0.15) is 0 Å². The van der Waals surface area contributed by atoms with Crippen LogP contribution in [0.4, 0.5) is 5.69 Å². The maximum atomic E-state index is 13.2. The highest BCUT2D eigenvalue weighted by molar-refractivity contribution is 7.92. The molecule has 1 aliphatic rings. The lowest BCUT2D eigenvalue weighted by Gasteiger charge is -2.20. The summed E-state index contributed by atoms with van der Waals surface area (Å²) in [7, 11) is -4.35. The first-order chi connectivity index (χ1) is 13.2. The summed E-state index contributed by atoms with van der Waals surface area (Å²) < 4.78 is 53.7. The maximum Gasteiger partial charge on any atom is 0.264 e. The fraction of sp³-hybridized carbons (Fsp3) is 0.200. The minimum atomic E-state index is -3.73. The van der Waals surface area contributed by atoms with E-state index in [0.29, 0.717) is 17.7 Å². The summed E-state index contributed by atoms with van der Waals surface area (Å²) in [5, 5.41) is 1.83. The van der Waals surface area contributed by atoms with E-state index < -0.39 is 20.0 Å². The third kappa shape index (κ3) is 2.97. The van der Waals surface area contributed by atoms with Crippen LogP contribution in [0.3, 0.4) is 0 Å². The largest absolute Gasteiger partial charge is 0.266 e. The molecule has 6 nitrogen and oxygen atoms in total. The van der Waals surface area contributed by atoms with E-state index in [1.807, 2.05) is 24.3 Å². The van der Waals surface area contributed by atoms with Crippen molar-refractivity contribution in [1.29, 1.82) is 0 Å². The van der Waals surface area contributed by atoms with Crippen LogP contribution in [-0.4, -0.2) is 41.8 Å². The highest BCUT2D eigenvalue weighted by Crippen LogP contribution is 2.35. The van der Waals surface area contributed by atoms with Crippen LogP contribution < -0.4 is 4.31 Å². The molecule has 4 rings (SSSR count). The fourth-order valence-electron chi connectivity index (χ4n) is 3.42. The minimum Gasteiger partial charge on any atom is -0.266 e. The predicted molar refractivity (Wildman–Crippen MR) is 109 cm³/mol. The molecule has 0 bridgehead atoms. The topological polar surface area (TPSA) is 74.8 Å². The molecule has 0 saturated heterocycles. The average Bonchev–Trinajstić information content (AvgIpc) is 3.11. The van der Waals surface area contributed by atoms with E-state index in [4.69, 9.17) is 0 Å². The average molecular weight is 417 g/mol. The lowest BCUT2D eigenvalue weighted by molar-refractivity contribution is 0.520. The Hall–Kier alpha value is -2.42. The molecule has 0 aromatic heterocycles. The Kier molecular flexibility index (Phi) is 4.45. The van der Waals surface area contributed by atoms with Crippen LogP contribution in [-0.2, 0) is 26.5 Å². The normalized spacial score (nSPS) is 14.6. The van der Waals surface area contributed by atoms with Crippen molar-refractivity contribution in [3.63, 3.8) is 0 Å². The lowest BCUT2D eigenvalue weighted by Crippen LogP contribution is -2.29. The summed E-state index contributed by atoms with van der Waals surface area (Å²) in [6.45, 7) is 0.288. The van der Waals surface area contributed by atoms with Gasteiger partial charge in [-0.25, -0.2) is 21.1 Å². The van der Waals surface area contributed by atoms with Gasteiger partial charge in [-0.1, -0.05) is 30.3 Å². The summed E-state index contributed by atoms with van der Waals surface area (Å²) in [4.78, 5) is 0.394. The van der Waals surface area contributed by atoms with E-state index in [0.717, 1.165) is 15.1 Å². The molecule has 1 heterocycles. The van der Waals surface area contributed by atoms with Crippen molar-refractivity contribution >= 4 is 36.5 Å². The molecule has 0 amide bonds. The molecule has 0 saturated carbocycles. The zero-order valence-electron chi connectivity index (χ0n) is 15.5. The number of hydrogen-bond acceptors (Lipinski definition) is 4. The second-order valence-corrected chi connectivity index (χ2v) is 10.9. The standard InChI is InChI=1S/C20H20N2O4S2/c1-21(2)27(23,24)18-9-10-20-17(14-18)11-12-22(20)28(25,26)19-8-7-15-5-3-4-6-16(15)13-19/h3-10,13-14H,11-12H2,1-2H3. The quantitative estimate of drug-likeness (QED) is 0.655. The highest BCUT2D eigenvalue weighted by Gasteiger charge is 2.32. The first-order valence-electron chi connectivity index (χ1n) is 8.78. The zero-order valence-corrected chi connectivity index (χ0v) is 17.2. The Bertz CT molecular complexity index is 1280. The number of benzene rings is 3. The molecule has 0 atom stereocenters. The Morgan fingerprint density at radius 3 is 2.21 bits per heavy atom. The Morgan fingerprint density at radius 1 is 0.821 bits per heavy atom. The van der Waals surface area contributed by atoms with Gasteiger partial charge < -0.3 is 0 Å². The SMILES string of the molecule is CN(C)S(=O)(=O)c1ccc2c(c1)CCN2S(=O)(=O)c1ccc2ccccc2c1. The van der Waals surface area contributed by atoms with Crippen molar-refractivity contribution in [3.8, 4) is 0 Å². The zero-order chi connectivity index (χ0) is 20.1. The number of rotatable bonds is 4. The van der Waals surface area contributed by atoms with Crippen LogP contribution in [0.2, 0.25) is 0 Å². The van der Waals surface area contributed by atoms with Gasteiger partial charge in [0.05, 0.1) is 15.5 Å². The molecule has 3 aromatic rings. The third-order valence-corrected chi connectivity index (χ3v) is 8.61. The summed E-state index contributed by atoms with van der Waals surface area (Å²) >= 11 is 0. The van der Waals surface area contributed by atoms with Crippen LogP contribution in [0.5, 0.6) is 0 Å². The van der Waals surface area contributed by atoms with Crippen molar-refractivity contribution in [2.45, 2.75) is 16.2 Å². The van der Waals surface area contributed by atoms with Gasteiger partial charge in [-0.3, -0.25) is 4.31 Å². The number of anilines is 1. The van der Waals surface area contributed by atoms with Gasteiger partial charge in [0.2, 0.25) is 10.0 Å². The Morgan fingerprint density at radius 2 is 1.50 bits per heavy atom. The van der Waals surface area contributed by atoms with E-state index in [-0.39, 0.29) is 16.3 Å². The second-order valence-electron chi connectivity index (χ2n) is 6.91. The van der Waals surface area contributed by atoms with Gasteiger partial charge in [-0.2, -0.15) is 0 Å². The molecule has 3 aromatic carbocycles. The molecule has 0 aliphatic carbocycles. The van der Waals surface area contributed by atoms with Crippen molar-refractivity contribution in [3.05, 3.63) is 66.2 Å². The Balaban J connectivity index is 1.75. The lowest BCUT2D eigenvalue weighted by atomic mass is 10.1. The van der Waals surface area contributed by atoms with Gasteiger partial charge in [-0.15, -0.1) is 0 Å². The molecule has 1 aliphatic heterocycles. The van der Waals surface area contributed by atoms with Gasteiger partial charge in [0.25, 0.3) is 10.0 Å². The molecule has 0 unspecified atom stereocenters. The van der Waals surface area contributed by atoms with Crippen LogP contribution in [0, 0.1) is 0 Å². The van der Waals surface area contributed by atoms with E-state index in [1.165, 1.54) is 24.5 Å². The smallest absolute Gasteiger partial charge is 0.264 e. The molecule has 0 fully saturated rings. The van der Waals surface area contributed by atoms with Gasteiger partial charge in [-0.05, 0) is 53.1 Å². The van der Waals surface area contributed by atoms with E-state index in [9.17, 15) is 16.8 Å². The first-order valence-corrected chi connectivity index (χ1v) is 11.7. The summed E-state index contributed by atoms with van der Waals surface area (Å²) in [6.07, 6.45) is 0.471. The highest BCUT2D eigenvalue weighted by atomic mass is 32.2. The molecule has 0 spiro atoms. The third-order valence-electron chi connectivity index (χ3n) is 4.99. The summed E-state index contributed by atoms with van der Waals surface area (Å²) in [5.74, 6) is 0. The number of nitrogens with zero attached hydrogens (tertiary/aromatic N) is 2. The summed E-state index contributed by atoms with van der Waals surface area (Å²) in [5.41, 5.74) is 1.25. The number of sulfonamides is 2. The number of hydrogen-bond donors (Lipinski definition) is 0. The molecular formula is C20H20N2O4S2. The molecule has 0 radical (unpaired) electrons. The van der Waals surface area contributed by atoms with Gasteiger partial charge >= 0.3 is 0 Å². The van der Waals surface area contributed by atoms with Crippen LogP contribution >= 0.6 is 0 Å². The van der Waals surface area contributed by atoms with Crippen molar-refractivity contribution in [2.24, 2.45) is 0 Å². The van der Waals surface area contributed by atoms with Crippen LogP contribution in [0.15, 0.2) is 70.5 Å². The van der Waals surface area contributed by atoms with Crippen LogP contribution in [0.1, 0.15) is 5.56 Å². The maximum absolute atomic E-state index is 13.2. The molecule has 28 heavy (non-hydrogen) atoms. The monoisotopic (exact) mass is 416 g/mol. The van der Waals surface area contributed by atoms with Crippen LogP contribution in [0.25, 0.3) is 10.8 Å². The molecule has 146 valence electrons. The number of fused-ring (bicyclic) bond motifs is 2. The minimum absolute atomic E-state index is 0.168. The van der Waals surface area contributed by atoms with E-state index in [2.05, 4.69) is 0 Å². The van der Waals surface area contributed by atoms with Gasteiger partial charge in [0.15, 0.2) is 0 Å². The predicted octanol–water partition coefficient (Wildman–Crippen LogP) is 2.84. The van der Waals surface area contributed by atoms with E-state index in [1.54, 1.807) is 30.3 Å². The Labute approximate surface area is 165 Å². The van der Waals surface area contributed by atoms with Crippen molar-refractivity contribution in [2.75, 3.05) is 24.9 Å². The fourth-order valence-corrected chi connectivity index (χ4v) is 5.92. The first kappa shape index (κ1) is 18.9. The van der Waals surface area contributed by atoms with Crippen molar-refractivity contribution in [1.82, 2.24) is 4.31 Å². The summed E-state index contributed by atoms with van der Waals surface area (Å²) in [6, 6.07) is 17.3. The van der Waals surface area contributed by atoms with E-state index >= 15 is 0 Å². The molecular weight excluding hydrogens is 396 g/mol. The second kappa shape index (κ2) is 6.58. The molecule has 0 N–H and O–H groups in total. The van der Waals surface area contributed by atoms with Crippen molar-refractivity contribution < 1.29 is 16.8 Å². The molecule has 8 heteroatoms. The van der Waals surface area contributed by atoms with Gasteiger partial charge in [0, 0.05) is 20.6 Å².